The van der Waals surface area contributed by atoms with E-state index in [0.717, 1.165) is 26.2 Å². The zero-order chi connectivity index (χ0) is 14.7. The van der Waals surface area contributed by atoms with E-state index in [1.165, 1.54) is 20.5 Å². The van der Waals surface area contributed by atoms with Crippen LogP contribution in [0.25, 0.3) is 10.1 Å². The van der Waals surface area contributed by atoms with E-state index < -0.39 is 0 Å². The second-order valence-corrected chi connectivity index (χ2v) is 6.97. The fourth-order valence-electron chi connectivity index (χ4n) is 2.59. The van der Waals surface area contributed by atoms with Gasteiger partial charge in [-0.2, -0.15) is 0 Å². The molecule has 0 saturated carbocycles. The Balaban J connectivity index is 1.80. The van der Waals surface area contributed by atoms with Crippen molar-refractivity contribution in [2.45, 2.75) is 45.6 Å². The minimum absolute atomic E-state index is 0.259. The van der Waals surface area contributed by atoms with Gasteiger partial charge in [-0.1, -0.05) is 32.0 Å². The summed E-state index contributed by atoms with van der Waals surface area (Å²) in [5, 5.41) is 4.86. The number of hydrogen-bond donors (Lipinski definition) is 1. The van der Waals surface area contributed by atoms with Gasteiger partial charge in [0.25, 0.3) is 0 Å². The van der Waals surface area contributed by atoms with Crippen LogP contribution in [0.4, 0.5) is 0 Å². The van der Waals surface area contributed by atoms with Crippen LogP contribution in [0, 0.1) is 0 Å². The lowest BCUT2D eigenvalue weighted by Crippen LogP contribution is -2.22. The first-order valence-corrected chi connectivity index (χ1v) is 8.47. The predicted molar refractivity (Wildman–Crippen MR) is 87.8 cm³/mol. The van der Waals surface area contributed by atoms with Gasteiger partial charge in [-0.15, -0.1) is 11.3 Å². The third-order valence-electron chi connectivity index (χ3n) is 3.80. The second-order valence-electron chi connectivity index (χ2n) is 5.83. The highest BCUT2D eigenvalue weighted by Crippen LogP contribution is 2.32. The van der Waals surface area contributed by atoms with Crippen LogP contribution in [-0.2, 0) is 22.6 Å². The van der Waals surface area contributed by atoms with Gasteiger partial charge in [-0.25, -0.2) is 0 Å². The van der Waals surface area contributed by atoms with E-state index in [0.29, 0.717) is 12.6 Å². The summed E-state index contributed by atoms with van der Waals surface area (Å²) in [5.74, 6) is 0. The molecule has 0 radical (unpaired) electrons. The quantitative estimate of drug-likeness (QED) is 0.882. The fourth-order valence-corrected chi connectivity index (χ4v) is 3.75. The second kappa shape index (κ2) is 6.88. The molecular weight excluding hydrogens is 282 g/mol. The molecule has 4 heteroatoms. The molecule has 1 aliphatic heterocycles. The third-order valence-corrected chi connectivity index (χ3v) is 5.02. The van der Waals surface area contributed by atoms with Crippen LogP contribution < -0.4 is 5.32 Å². The van der Waals surface area contributed by atoms with Crippen LogP contribution in [0.15, 0.2) is 24.3 Å². The maximum Gasteiger partial charge on any atom is 0.0835 e. The number of ether oxygens (including phenoxy) is 2. The average Bonchev–Trinajstić information content (AvgIpc) is 3.10. The predicted octanol–water partition coefficient (Wildman–Crippen LogP) is 3.70. The number of fused-ring (bicyclic) bond motifs is 1. The van der Waals surface area contributed by atoms with E-state index in [1.807, 2.05) is 11.3 Å². The average molecular weight is 305 g/mol. The first-order valence-electron chi connectivity index (χ1n) is 7.66. The first kappa shape index (κ1) is 15.0. The van der Waals surface area contributed by atoms with E-state index in [1.54, 1.807) is 0 Å². The van der Waals surface area contributed by atoms with Crippen molar-refractivity contribution in [1.82, 2.24) is 5.32 Å². The Morgan fingerprint density at radius 3 is 3.00 bits per heavy atom. The topological polar surface area (TPSA) is 30.5 Å². The molecule has 3 rings (SSSR count). The van der Waals surface area contributed by atoms with Gasteiger partial charge < -0.3 is 14.8 Å². The lowest BCUT2D eigenvalue weighted by molar-refractivity contribution is 0.0321. The highest BCUT2D eigenvalue weighted by molar-refractivity contribution is 7.19. The van der Waals surface area contributed by atoms with Crippen molar-refractivity contribution in [3.8, 4) is 0 Å². The van der Waals surface area contributed by atoms with Gasteiger partial charge in [0, 0.05) is 34.3 Å². The maximum atomic E-state index is 6.06. The standard InChI is InChI=1S/C17H23NO2S/c1-12(2)18-9-17-15(11-20-13-7-8-19-10-13)14-5-3-4-6-16(14)21-17/h3-6,12-13,18H,7-11H2,1-2H3. The van der Waals surface area contributed by atoms with E-state index in [2.05, 4.69) is 43.4 Å². The van der Waals surface area contributed by atoms with Crippen LogP contribution in [0.1, 0.15) is 30.7 Å². The summed E-state index contributed by atoms with van der Waals surface area (Å²) in [6, 6.07) is 9.10. The lowest BCUT2D eigenvalue weighted by Gasteiger charge is -2.12. The molecule has 2 heterocycles. The third kappa shape index (κ3) is 3.64. The SMILES string of the molecule is CC(C)NCc1sc2ccccc2c1COC1CCOC1. The summed E-state index contributed by atoms with van der Waals surface area (Å²) < 4.78 is 12.8. The van der Waals surface area contributed by atoms with E-state index in [4.69, 9.17) is 9.47 Å². The Morgan fingerprint density at radius 2 is 2.24 bits per heavy atom. The Hall–Kier alpha value is -0.940. The lowest BCUT2D eigenvalue weighted by atomic mass is 10.1. The van der Waals surface area contributed by atoms with Crippen molar-refractivity contribution in [3.05, 3.63) is 34.7 Å². The van der Waals surface area contributed by atoms with Crippen molar-refractivity contribution >= 4 is 21.4 Å². The van der Waals surface area contributed by atoms with Crippen molar-refractivity contribution < 1.29 is 9.47 Å². The van der Waals surface area contributed by atoms with Gasteiger partial charge in [-0.05, 0) is 17.9 Å². The van der Waals surface area contributed by atoms with E-state index >= 15 is 0 Å². The molecule has 1 unspecified atom stereocenters. The van der Waals surface area contributed by atoms with Crippen molar-refractivity contribution in [1.29, 1.82) is 0 Å². The Labute approximate surface area is 130 Å². The normalized spacial score (nSPS) is 18.9. The van der Waals surface area contributed by atoms with Gasteiger partial charge in [0.05, 0.1) is 19.3 Å². The summed E-state index contributed by atoms with van der Waals surface area (Å²) in [5.41, 5.74) is 1.34. The largest absolute Gasteiger partial charge is 0.379 e. The van der Waals surface area contributed by atoms with Gasteiger partial charge in [0.2, 0.25) is 0 Å². The van der Waals surface area contributed by atoms with Crippen LogP contribution >= 0.6 is 11.3 Å². The molecule has 1 N–H and O–H groups in total. The molecule has 1 aromatic heterocycles. The molecule has 1 aliphatic rings. The molecular formula is C17H23NO2S. The number of rotatable bonds is 6. The Morgan fingerprint density at radius 1 is 1.38 bits per heavy atom. The maximum absolute atomic E-state index is 6.06. The Bertz CT molecular complexity index is 587. The molecule has 2 aromatic rings. The van der Waals surface area contributed by atoms with Crippen molar-refractivity contribution in [3.63, 3.8) is 0 Å². The summed E-state index contributed by atoms with van der Waals surface area (Å²) in [7, 11) is 0. The molecule has 3 nitrogen and oxygen atoms in total. The molecule has 0 aliphatic carbocycles. The smallest absolute Gasteiger partial charge is 0.0835 e. The zero-order valence-corrected chi connectivity index (χ0v) is 13.5. The highest BCUT2D eigenvalue weighted by Gasteiger charge is 2.18. The molecule has 1 fully saturated rings. The van der Waals surface area contributed by atoms with Gasteiger partial charge in [0.15, 0.2) is 0 Å². The molecule has 0 bridgehead atoms. The molecule has 0 amide bonds. The molecule has 1 aromatic carbocycles. The fraction of sp³-hybridized carbons (Fsp3) is 0.529. The summed E-state index contributed by atoms with van der Waals surface area (Å²) in [4.78, 5) is 1.39. The van der Waals surface area contributed by atoms with Crippen LogP contribution in [0.3, 0.4) is 0 Å². The molecule has 21 heavy (non-hydrogen) atoms. The number of thiophene rings is 1. The summed E-state index contributed by atoms with van der Waals surface area (Å²) in [6.07, 6.45) is 1.27. The number of hydrogen-bond acceptors (Lipinski definition) is 4. The van der Waals surface area contributed by atoms with Gasteiger partial charge in [-0.3, -0.25) is 0 Å². The first-order chi connectivity index (χ1) is 10.2. The Kier molecular flexibility index (Phi) is 4.91. The molecule has 1 saturated heterocycles. The van der Waals surface area contributed by atoms with Gasteiger partial charge >= 0.3 is 0 Å². The minimum Gasteiger partial charge on any atom is -0.379 e. The van der Waals surface area contributed by atoms with Crippen LogP contribution in [0.5, 0.6) is 0 Å². The minimum atomic E-state index is 0.259. The number of benzene rings is 1. The van der Waals surface area contributed by atoms with Crippen molar-refractivity contribution in [2.24, 2.45) is 0 Å². The van der Waals surface area contributed by atoms with Crippen LogP contribution in [0.2, 0.25) is 0 Å². The summed E-state index contributed by atoms with van der Waals surface area (Å²) >= 11 is 1.87. The van der Waals surface area contributed by atoms with Crippen molar-refractivity contribution in [2.75, 3.05) is 13.2 Å². The molecule has 114 valence electrons. The molecule has 1 atom stereocenters. The monoisotopic (exact) mass is 305 g/mol. The summed E-state index contributed by atoms with van der Waals surface area (Å²) in [6.45, 7) is 7.53. The highest BCUT2D eigenvalue weighted by atomic mass is 32.1. The van der Waals surface area contributed by atoms with E-state index in [9.17, 15) is 0 Å². The van der Waals surface area contributed by atoms with Crippen LogP contribution in [-0.4, -0.2) is 25.4 Å². The number of nitrogens with one attached hydrogen (secondary N) is 1. The molecule has 0 spiro atoms. The van der Waals surface area contributed by atoms with Gasteiger partial charge in [0.1, 0.15) is 0 Å². The van der Waals surface area contributed by atoms with E-state index in [-0.39, 0.29) is 6.10 Å². The zero-order valence-electron chi connectivity index (χ0n) is 12.7.